The minimum absolute atomic E-state index is 0.167. The fourth-order valence-corrected chi connectivity index (χ4v) is 2.87. The van der Waals surface area contributed by atoms with Crippen LogP contribution >= 0.6 is 0 Å². The number of hydrogen-bond donors (Lipinski definition) is 1. The van der Waals surface area contributed by atoms with Gasteiger partial charge in [-0.15, -0.1) is 0 Å². The lowest BCUT2D eigenvalue weighted by Crippen LogP contribution is -2.40. The van der Waals surface area contributed by atoms with Gasteiger partial charge in [0.1, 0.15) is 6.61 Å². The lowest BCUT2D eigenvalue weighted by Gasteiger charge is -2.24. The SMILES string of the molecule is CCCCCOCC(=O)N1CCC2CCC(C1)N2. The van der Waals surface area contributed by atoms with E-state index in [9.17, 15) is 4.79 Å². The summed E-state index contributed by atoms with van der Waals surface area (Å²) in [6.45, 7) is 4.92. The Morgan fingerprint density at radius 3 is 2.94 bits per heavy atom. The molecule has 0 radical (unpaired) electrons. The fourth-order valence-electron chi connectivity index (χ4n) is 2.87. The Morgan fingerprint density at radius 1 is 1.28 bits per heavy atom. The van der Waals surface area contributed by atoms with Gasteiger partial charge in [-0.2, -0.15) is 0 Å². The van der Waals surface area contributed by atoms with E-state index in [0.29, 0.717) is 12.1 Å². The Morgan fingerprint density at radius 2 is 2.11 bits per heavy atom. The standard InChI is InChI=1S/C14H26N2O2/c1-2-3-4-9-18-11-14(17)16-8-7-12-5-6-13(10-16)15-12/h12-13,15H,2-11H2,1H3. The number of ether oxygens (including phenoxy) is 1. The summed E-state index contributed by atoms with van der Waals surface area (Å²) in [4.78, 5) is 14.0. The molecule has 4 heteroatoms. The van der Waals surface area contributed by atoms with Crippen LogP contribution in [0, 0.1) is 0 Å². The monoisotopic (exact) mass is 254 g/mol. The molecule has 0 aromatic heterocycles. The number of likely N-dealkylation sites (tertiary alicyclic amines) is 1. The zero-order chi connectivity index (χ0) is 12.8. The molecular formula is C14H26N2O2. The van der Waals surface area contributed by atoms with Crippen molar-refractivity contribution in [3.05, 3.63) is 0 Å². The summed E-state index contributed by atoms with van der Waals surface area (Å²) in [5, 5.41) is 3.59. The lowest BCUT2D eigenvalue weighted by atomic mass is 10.1. The molecule has 1 N–H and O–H groups in total. The number of carbonyl (C=O) groups is 1. The van der Waals surface area contributed by atoms with Crippen molar-refractivity contribution in [3.8, 4) is 0 Å². The highest BCUT2D eigenvalue weighted by molar-refractivity contribution is 5.77. The van der Waals surface area contributed by atoms with Crippen LogP contribution in [0.15, 0.2) is 0 Å². The van der Waals surface area contributed by atoms with Gasteiger partial charge in [0.15, 0.2) is 0 Å². The molecule has 0 aromatic rings. The molecule has 0 saturated carbocycles. The third-order valence-electron chi connectivity index (χ3n) is 3.99. The predicted molar refractivity (Wildman–Crippen MR) is 71.5 cm³/mol. The van der Waals surface area contributed by atoms with Crippen molar-refractivity contribution in [2.24, 2.45) is 0 Å². The minimum Gasteiger partial charge on any atom is -0.372 e. The van der Waals surface area contributed by atoms with Crippen molar-refractivity contribution in [3.63, 3.8) is 0 Å². The number of amides is 1. The number of fused-ring (bicyclic) bond motifs is 2. The molecule has 2 heterocycles. The molecule has 104 valence electrons. The van der Waals surface area contributed by atoms with Gasteiger partial charge in [0.05, 0.1) is 0 Å². The first-order valence-corrected chi connectivity index (χ1v) is 7.41. The normalized spacial score (nSPS) is 27.3. The first-order chi connectivity index (χ1) is 8.79. The van der Waals surface area contributed by atoms with Crippen LogP contribution < -0.4 is 5.32 Å². The highest BCUT2D eigenvalue weighted by atomic mass is 16.5. The van der Waals surface area contributed by atoms with E-state index in [0.717, 1.165) is 32.5 Å². The second-order valence-electron chi connectivity index (χ2n) is 5.53. The third kappa shape index (κ3) is 3.95. The van der Waals surface area contributed by atoms with Crippen LogP contribution in [-0.2, 0) is 9.53 Å². The van der Waals surface area contributed by atoms with E-state index in [2.05, 4.69) is 12.2 Å². The van der Waals surface area contributed by atoms with E-state index in [1.807, 2.05) is 4.90 Å². The predicted octanol–water partition coefficient (Wildman–Crippen LogP) is 1.55. The van der Waals surface area contributed by atoms with Gasteiger partial charge in [-0.3, -0.25) is 4.79 Å². The number of carbonyl (C=O) groups excluding carboxylic acids is 1. The van der Waals surface area contributed by atoms with Gasteiger partial charge in [0.25, 0.3) is 0 Å². The van der Waals surface area contributed by atoms with E-state index < -0.39 is 0 Å². The number of nitrogens with one attached hydrogen (secondary N) is 1. The summed E-state index contributed by atoms with van der Waals surface area (Å²) in [5.41, 5.74) is 0. The highest BCUT2D eigenvalue weighted by Gasteiger charge is 2.30. The van der Waals surface area contributed by atoms with Gasteiger partial charge in [-0.1, -0.05) is 19.8 Å². The van der Waals surface area contributed by atoms with Gasteiger partial charge in [-0.25, -0.2) is 0 Å². The molecule has 0 aliphatic carbocycles. The van der Waals surface area contributed by atoms with Crippen LogP contribution in [0.4, 0.5) is 0 Å². The molecule has 4 nitrogen and oxygen atoms in total. The molecule has 2 aliphatic rings. The molecule has 2 aliphatic heterocycles. The van der Waals surface area contributed by atoms with E-state index in [4.69, 9.17) is 4.74 Å². The first-order valence-electron chi connectivity index (χ1n) is 7.41. The number of unbranched alkanes of at least 4 members (excludes halogenated alkanes) is 2. The zero-order valence-electron chi connectivity index (χ0n) is 11.5. The second-order valence-corrected chi connectivity index (χ2v) is 5.53. The average molecular weight is 254 g/mol. The maximum atomic E-state index is 12.0. The second kappa shape index (κ2) is 7.10. The molecule has 2 rings (SSSR count). The van der Waals surface area contributed by atoms with E-state index in [1.165, 1.54) is 25.7 Å². The van der Waals surface area contributed by atoms with Crippen molar-refractivity contribution < 1.29 is 9.53 Å². The van der Waals surface area contributed by atoms with E-state index in [-0.39, 0.29) is 12.5 Å². The van der Waals surface area contributed by atoms with Crippen molar-refractivity contribution in [1.82, 2.24) is 10.2 Å². The van der Waals surface area contributed by atoms with Gasteiger partial charge < -0.3 is 15.0 Å². The van der Waals surface area contributed by atoms with Crippen molar-refractivity contribution >= 4 is 5.91 Å². The number of rotatable bonds is 6. The molecule has 0 spiro atoms. The summed E-state index contributed by atoms with van der Waals surface area (Å²) in [6.07, 6.45) is 7.03. The molecule has 1 amide bonds. The van der Waals surface area contributed by atoms with Crippen molar-refractivity contribution in [2.75, 3.05) is 26.3 Å². The van der Waals surface area contributed by atoms with Gasteiger partial charge in [0.2, 0.25) is 5.91 Å². The Hall–Kier alpha value is -0.610. The lowest BCUT2D eigenvalue weighted by molar-refractivity contribution is -0.136. The number of hydrogen-bond acceptors (Lipinski definition) is 3. The van der Waals surface area contributed by atoms with Crippen LogP contribution in [0.5, 0.6) is 0 Å². The highest BCUT2D eigenvalue weighted by Crippen LogP contribution is 2.20. The quantitative estimate of drug-likeness (QED) is 0.731. The summed E-state index contributed by atoms with van der Waals surface area (Å²) in [6, 6.07) is 1.15. The maximum Gasteiger partial charge on any atom is 0.248 e. The van der Waals surface area contributed by atoms with E-state index in [1.54, 1.807) is 0 Å². The van der Waals surface area contributed by atoms with Crippen LogP contribution in [0.1, 0.15) is 45.4 Å². The van der Waals surface area contributed by atoms with E-state index >= 15 is 0 Å². The minimum atomic E-state index is 0.167. The van der Waals surface area contributed by atoms with Crippen LogP contribution in [0.2, 0.25) is 0 Å². The topological polar surface area (TPSA) is 41.6 Å². The smallest absolute Gasteiger partial charge is 0.248 e. The summed E-state index contributed by atoms with van der Waals surface area (Å²) in [5.74, 6) is 0.167. The number of nitrogens with zero attached hydrogens (tertiary/aromatic N) is 1. The molecular weight excluding hydrogens is 228 g/mol. The summed E-state index contributed by atoms with van der Waals surface area (Å²) < 4.78 is 5.46. The zero-order valence-corrected chi connectivity index (χ0v) is 11.5. The maximum absolute atomic E-state index is 12.0. The fraction of sp³-hybridized carbons (Fsp3) is 0.929. The molecule has 2 bridgehead atoms. The third-order valence-corrected chi connectivity index (χ3v) is 3.99. The molecule has 18 heavy (non-hydrogen) atoms. The first kappa shape index (κ1) is 13.8. The average Bonchev–Trinajstić information content (AvgIpc) is 2.68. The Balaban J connectivity index is 1.65. The Bertz CT molecular complexity index is 271. The van der Waals surface area contributed by atoms with Gasteiger partial charge in [-0.05, 0) is 25.7 Å². The molecule has 0 aromatic carbocycles. The van der Waals surface area contributed by atoms with Gasteiger partial charge in [0, 0.05) is 31.8 Å². The van der Waals surface area contributed by atoms with Crippen molar-refractivity contribution in [1.29, 1.82) is 0 Å². The molecule has 2 fully saturated rings. The molecule has 2 atom stereocenters. The summed E-state index contributed by atoms with van der Waals surface area (Å²) >= 11 is 0. The Kier molecular flexibility index (Phi) is 5.45. The van der Waals surface area contributed by atoms with Crippen LogP contribution in [0.25, 0.3) is 0 Å². The van der Waals surface area contributed by atoms with Crippen LogP contribution in [0.3, 0.4) is 0 Å². The molecule has 2 saturated heterocycles. The Labute approximate surface area is 110 Å². The van der Waals surface area contributed by atoms with Crippen LogP contribution in [-0.4, -0.2) is 49.2 Å². The molecule has 2 unspecified atom stereocenters. The summed E-state index contributed by atoms with van der Waals surface area (Å²) in [7, 11) is 0. The largest absolute Gasteiger partial charge is 0.372 e. The van der Waals surface area contributed by atoms with Crippen molar-refractivity contribution in [2.45, 2.75) is 57.5 Å². The van der Waals surface area contributed by atoms with Gasteiger partial charge >= 0.3 is 0 Å².